The van der Waals surface area contributed by atoms with Crippen LogP contribution in [0.4, 0.5) is 0 Å². The van der Waals surface area contributed by atoms with Gasteiger partial charge >= 0.3 is 0 Å². The first-order valence-electron chi connectivity index (χ1n) is 9.64. The van der Waals surface area contributed by atoms with Gasteiger partial charge < -0.3 is 10.1 Å². The lowest BCUT2D eigenvalue weighted by Crippen LogP contribution is -2.34. The highest BCUT2D eigenvalue weighted by Crippen LogP contribution is 2.35. The molecule has 0 unspecified atom stereocenters. The number of thiazole rings is 1. The Morgan fingerprint density at radius 2 is 1.97 bits per heavy atom. The Balaban J connectivity index is 1.38. The molecule has 3 aromatic heterocycles. The van der Waals surface area contributed by atoms with Gasteiger partial charge in [-0.25, -0.2) is 9.67 Å². The summed E-state index contributed by atoms with van der Waals surface area (Å²) in [7, 11) is 0. The van der Waals surface area contributed by atoms with Crippen molar-refractivity contribution in [3.05, 3.63) is 76.0 Å². The predicted octanol–water partition coefficient (Wildman–Crippen LogP) is 3.60. The molecule has 1 N–H and O–H groups in total. The number of aryl methyl sites for hydroxylation is 1. The Labute approximate surface area is 187 Å². The van der Waals surface area contributed by atoms with Gasteiger partial charge in [0, 0.05) is 12.6 Å². The Hall–Kier alpha value is -3.30. The number of ether oxygens (including phenoxy) is 1. The number of para-hydroxylation sites is 1. The molecular weight excluding hydrogens is 432 g/mol. The van der Waals surface area contributed by atoms with Crippen LogP contribution in [-0.2, 0) is 11.3 Å². The highest BCUT2D eigenvalue weighted by Gasteiger charge is 2.14. The molecule has 0 aliphatic carbocycles. The molecule has 0 spiro atoms. The molecule has 0 atom stereocenters. The van der Waals surface area contributed by atoms with Crippen LogP contribution in [0.2, 0.25) is 0 Å². The highest BCUT2D eigenvalue weighted by atomic mass is 32.1. The van der Waals surface area contributed by atoms with Gasteiger partial charge in [0.1, 0.15) is 16.5 Å². The van der Waals surface area contributed by atoms with E-state index < -0.39 is 0 Å². The number of hydrogen-bond acceptors (Lipinski definition) is 7. The molecule has 4 rings (SSSR count). The van der Waals surface area contributed by atoms with Gasteiger partial charge in [-0.3, -0.25) is 9.59 Å². The number of carbonyl (C=O) groups excluding carboxylic acids is 1. The van der Waals surface area contributed by atoms with E-state index in [0.29, 0.717) is 11.4 Å². The monoisotopic (exact) mass is 452 g/mol. The number of hydrogen-bond donors (Lipinski definition) is 1. The summed E-state index contributed by atoms with van der Waals surface area (Å²) in [5.74, 6) is 0.372. The van der Waals surface area contributed by atoms with Gasteiger partial charge in [0.15, 0.2) is 6.61 Å². The molecule has 0 fully saturated rings. The Morgan fingerprint density at radius 3 is 2.74 bits per heavy atom. The molecule has 1 aromatic carbocycles. The van der Waals surface area contributed by atoms with Crippen molar-refractivity contribution in [2.24, 2.45) is 0 Å². The fourth-order valence-electron chi connectivity index (χ4n) is 2.89. The molecule has 0 saturated carbocycles. The summed E-state index contributed by atoms with van der Waals surface area (Å²) in [6.07, 6.45) is 0. The smallest absolute Gasteiger partial charge is 0.266 e. The second-order valence-corrected chi connectivity index (χ2v) is 8.59. The first-order valence-corrected chi connectivity index (χ1v) is 11.3. The fourth-order valence-corrected chi connectivity index (χ4v) is 4.72. The molecule has 0 aliphatic heterocycles. The second kappa shape index (κ2) is 9.67. The minimum absolute atomic E-state index is 0.0854. The van der Waals surface area contributed by atoms with Gasteiger partial charge in [0.25, 0.3) is 11.5 Å². The summed E-state index contributed by atoms with van der Waals surface area (Å²) in [6, 6.07) is 16.4. The van der Waals surface area contributed by atoms with Crippen LogP contribution in [0.1, 0.15) is 5.69 Å². The lowest BCUT2D eigenvalue weighted by Gasteiger charge is -2.09. The quantitative estimate of drug-likeness (QED) is 0.441. The lowest BCUT2D eigenvalue weighted by molar-refractivity contribution is -0.123. The topological polar surface area (TPSA) is 86.1 Å². The van der Waals surface area contributed by atoms with Gasteiger partial charge in [-0.2, -0.15) is 5.10 Å². The van der Waals surface area contributed by atoms with Gasteiger partial charge in [-0.05, 0) is 36.6 Å². The molecule has 9 heteroatoms. The Morgan fingerprint density at radius 1 is 1.13 bits per heavy atom. The van der Waals surface area contributed by atoms with E-state index in [2.05, 4.69) is 15.4 Å². The number of amides is 1. The third kappa shape index (κ3) is 5.25. The predicted molar refractivity (Wildman–Crippen MR) is 123 cm³/mol. The largest absolute Gasteiger partial charge is 0.484 e. The van der Waals surface area contributed by atoms with Crippen LogP contribution in [0.5, 0.6) is 5.75 Å². The highest BCUT2D eigenvalue weighted by molar-refractivity contribution is 7.23. The van der Waals surface area contributed by atoms with Crippen LogP contribution < -0.4 is 15.6 Å². The molecule has 3 heterocycles. The normalized spacial score (nSPS) is 10.7. The Bertz CT molecular complexity index is 1220. The first-order chi connectivity index (χ1) is 15.1. The molecular formula is C22H20N4O3S2. The van der Waals surface area contributed by atoms with Crippen molar-refractivity contribution in [3.8, 4) is 26.2 Å². The van der Waals surface area contributed by atoms with E-state index in [1.165, 1.54) is 10.7 Å². The standard InChI is InChI=1S/C22H20N4O3S2/c1-15-21(31-22(24-15)18-8-5-13-30-18)17-9-10-20(28)26(25-17)12-11-23-19(27)14-29-16-6-3-2-4-7-16/h2-10,13H,11-12,14H2,1H3,(H,23,27). The number of carbonyl (C=O) groups is 1. The van der Waals surface area contributed by atoms with Crippen molar-refractivity contribution in [1.29, 1.82) is 0 Å². The minimum atomic E-state index is -0.257. The maximum atomic E-state index is 12.2. The number of aromatic nitrogens is 3. The van der Waals surface area contributed by atoms with E-state index >= 15 is 0 Å². The molecule has 0 saturated heterocycles. The first kappa shape index (κ1) is 21.0. The van der Waals surface area contributed by atoms with Crippen LogP contribution in [0, 0.1) is 6.92 Å². The van der Waals surface area contributed by atoms with Gasteiger partial charge in [0.2, 0.25) is 0 Å². The van der Waals surface area contributed by atoms with Crippen LogP contribution in [0.25, 0.3) is 20.5 Å². The average Bonchev–Trinajstić information content (AvgIpc) is 3.44. The second-order valence-electron chi connectivity index (χ2n) is 6.64. The third-order valence-corrected chi connectivity index (χ3v) is 6.61. The van der Waals surface area contributed by atoms with Crippen LogP contribution >= 0.6 is 22.7 Å². The zero-order chi connectivity index (χ0) is 21.6. The van der Waals surface area contributed by atoms with Crippen LogP contribution in [0.3, 0.4) is 0 Å². The molecule has 0 bridgehead atoms. The van der Waals surface area contributed by atoms with E-state index in [1.807, 2.05) is 42.6 Å². The van der Waals surface area contributed by atoms with E-state index in [0.717, 1.165) is 20.5 Å². The van der Waals surface area contributed by atoms with Crippen molar-refractivity contribution in [2.45, 2.75) is 13.5 Å². The van der Waals surface area contributed by atoms with Crippen molar-refractivity contribution in [3.63, 3.8) is 0 Å². The number of thiophene rings is 1. The zero-order valence-corrected chi connectivity index (χ0v) is 18.4. The summed E-state index contributed by atoms with van der Waals surface area (Å²) < 4.78 is 6.78. The number of benzene rings is 1. The zero-order valence-electron chi connectivity index (χ0n) is 16.8. The minimum Gasteiger partial charge on any atom is -0.484 e. The molecule has 31 heavy (non-hydrogen) atoms. The van der Waals surface area contributed by atoms with E-state index in [4.69, 9.17) is 4.74 Å². The number of nitrogens with zero attached hydrogens (tertiary/aromatic N) is 3. The van der Waals surface area contributed by atoms with Crippen molar-refractivity contribution in [2.75, 3.05) is 13.2 Å². The average molecular weight is 453 g/mol. The summed E-state index contributed by atoms with van der Waals surface area (Å²) >= 11 is 3.19. The maximum absolute atomic E-state index is 12.2. The van der Waals surface area contributed by atoms with Crippen LogP contribution in [-0.4, -0.2) is 33.8 Å². The van der Waals surface area contributed by atoms with Gasteiger partial charge in [0.05, 0.1) is 22.0 Å². The van der Waals surface area contributed by atoms with E-state index in [-0.39, 0.29) is 31.2 Å². The van der Waals surface area contributed by atoms with Gasteiger partial charge in [-0.15, -0.1) is 22.7 Å². The lowest BCUT2D eigenvalue weighted by atomic mass is 10.3. The Kier molecular flexibility index (Phi) is 6.54. The van der Waals surface area contributed by atoms with Crippen molar-refractivity contribution >= 4 is 28.6 Å². The molecule has 158 valence electrons. The SMILES string of the molecule is Cc1nc(-c2cccs2)sc1-c1ccc(=O)n(CCNC(=O)COc2ccccc2)n1. The third-order valence-electron chi connectivity index (χ3n) is 4.39. The van der Waals surface area contributed by atoms with Crippen LogP contribution in [0.15, 0.2) is 64.8 Å². The van der Waals surface area contributed by atoms with Gasteiger partial charge in [-0.1, -0.05) is 24.3 Å². The maximum Gasteiger partial charge on any atom is 0.266 e. The van der Waals surface area contributed by atoms with E-state index in [1.54, 1.807) is 40.9 Å². The summed E-state index contributed by atoms with van der Waals surface area (Å²) in [5, 5.41) is 10.2. The van der Waals surface area contributed by atoms with Crippen molar-refractivity contribution in [1.82, 2.24) is 20.1 Å². The molecule has 7 nitrogen and oxygen atoms in total. The fraction of sp³-hybridized carbons (Fsp3) is 0.182. The molecule has 1 amide bonds. The molecule has 0 radical (unpaired) electrons. The summed E-state index contributed by atoms with van der Waals surface area (Å²) in [6.45, 7) is 2.39. The number of rotatable bonds is 8. The summed E-state index contributed by atoms with van der Waals surface area (Å²) in [5.41, 5.74) is 1.34. The molecule has 4 aromatic rings. The van der Waals surface area contributed by atoms with Crippen molar-refractivity contribution < 1.29 is 9.53 Å². The molecule has 0 aliphatic rings. The summed E-state index contributed by atoms with van der Waals surface area (Å²) in [4.78, 5) is 30.9. The number of nitrogens with one attached hydrogen (secondary N) is 1. The van der Waals surface area contributed by atoms with E-state index in [9.17, 15) is 9.59 Å².